The normalized spacial score (nSPS) is 14.3. The van der Waals surface area contributed by atoms with Crippen molar-refractivity contribution >= 4 is 25.5 Å². The van der Waals surface area contributed by atoms with Crippen LogP contribution in [0.25, 0.3) is 0 Å². The summed E-state index contributed by atoms with van der Waals surface area (Å²) >= 11 is 0. The molecule has 116 valence electrons. The summed E-state index contributed by atoms with van der Waals surface area (Å²) in [4.78, 5) is 50.0. The van der Waals surface area contributed by atoms with Gasteiger partial charge in [0.05, 0.1) is 31.0 Å². The molecule has 0 amide bonds. The lowest BCUT2D eigenvalue weighted by Crippen LogP contribution is -2.30. The van der Waals surface area contributed by atoms with Crippen molar-refractivity contribution in [2.45, 2.75) is 19.8 Å². The van der Waals surface area contributed by atoms with E-state index in [-0.39, 0.29) is 13.0 Å². The number of hydrogen-bond donors (Lipinski definition) is 4. The number of aliphatic carboxylic acids is 2. The molecule has 9 nitrogen and oxygen atoms in total. The minimum atomic E-state index is -4.16. The summed E-state index contributed by atoms with van der Waals surface area (Å²) in [6.45, 7) is 0.903. The highest BCUT2D eigenvalue weighted by Crippen LogP contribution is 2.34. The van der Waals surface area contributed by atoms with Crippen molar-refractivity contribution in [1.29, 1.82) is 0 Å². The van der Waals surface area contributed by atoms with Crippen molar-refractivity contribution in [3.63, 3.8) is 0 Å². The lowest BCUT2D eigenvalue weighted by Gasteiger charge is -2.15. The van der Waals surface area contributed by atoms with Gasteiger partial charge >= 0.3 is 25.5 Å². The van der Waals surface area contributed by atoms with Gasteiger partial charge in [-0.25, -0.2) is 0 Å². The van der Waals surface area contributed by atoms with Gasteiger partial charge in [0, 0.05) is 0 Å². The molecule has 0 fully saturated rings. The zero-order valence-corrected chi connectivity index (χ0v) is 11.7. The van der Waals surface area contributed by atoms with Crippen LogP contribution >= 0.6 is 7.60 Å². The van der Waals surface area contributed by atoms with E-state index in [1.807, 2.05) is 0 Å². The van der Waals surface area contributed by atoms with Crippen molar-refractivity contribution in [1.82, 2.24) is 0 Å². The molecule has 0 radical (unpaired) electrons. The largest absolute Gasteiger partial charge is 0.481 e. The molecule has 0 saturated carbocycles. The van der Waals surface area contributed by atoms with Crippen LogP contribution in [0.15, 0.2) is 0 Å². The topological polar surface area (TPSA) is 158 Å². The van der Waals surface area contributed by atoms with Gasteiger partial charge in [-0.05, 0) is 6.42 Å². The van der Waals surface area contributed by atoms with Gasteiger partial charge in [-0.2, -0.15) is 0 Å². The van der Waals surface area contributed by atoms with E-state index in [1.54, 1.807) is 0 Å². The Morgan fingerprint density at radius 3 is 2.10 bits per heavy atom. The Labute approximate surface area is 114 Å². The molecule has 0 heterocycles. The highest BCUT2D eigenvalue weighted by Gasteiger charge is 2.32. The Hall–Kier alpha value is -1.44. The number of carbonyl (C=O) groups is 3. The third-order valence-electron chi connectivity index (χ3n) is 2.55. The summed E-state index contributed by atoms with van der Waals surface area (Å²) in [6, 6.07) is 0. The van der Waals surface area contributed by atoms with Crippen LogP contribution < -0.4 is 0 Å². The Morgan fingerprint density at radius 1 is 1.15 bits per heavy atom. The number of carboxylic acid groups (broad SMARTS) is 2. The molecule has 0 bridgehead atoms. The number of carboxylic acids is 2. The molecule has 0 aromatic heterocycles. The van der Waals surface area contributed by atoms with Crippen LogP contribution in [0.5, 0.6) is 0 Å². The van der Waals surface area contributed by atoms with E-state index in [2.05, 4.69) is 4.74 Å². The van der Waals surface area contributed by atoms with E-state index >= 15 is 0 Å². The molecule has 10 heteroatoms. The first-order valence-electron chi connectivity index (χ1n) is 5.70. The second kappa shape index (κ2) is 7.98. The maximum atomic E-state index is 11.3. The van der Waals surface area contributed by atoms with Gasteiger partial charge in [-0.3, -0.25) is 18.9 Å². The SMILES string of the molecule is CC(C(=O)O)C(CC(=O)OCCCP(=O)(O)O)C(=O)O. The molecule has 0 aliphatic rings. The van der Waals surface area contributed by atoms with Crippen molar-refractivity contribution in [3.8, 4) is 0 Å². The third kappa shape index (κ3) is 7.88. The van der Waals surface area contributed by atoms with Crippen molar-refractivity contribution in [3.05, 3.63) is 0 Å². The van der Waals surface area contributed by atoms with Gasteiger partial charge in [0.2, 0.25) is 0 Å². The molecule has 0 saturated heterocycles. The fourth-order valence-corrected chi connectivity index (χ4v) is 1.89. The number of rotatable bonds is 9. The van der Waals surface area contributed by atoms with Crippen LogP contribution in [0.4, 0.5) is 0 Å². The van der Waals surface area contributed by atoms with Crippen LogP contribution in [0, 0.1) is 11.8 Å². The van der Waals surface area contributed by atoms with E-state index in [0.29, 0.717) is 0 Å². The van der Waals surface area contributed by atoms with Gasteiger partial charge in [-0.15, -0.1) is 0 Å². The van der Waals surface area contributed by atoms with Crippen LogP contribution in [0.2, 0.25) is 0 Å². The molecular weight excluding hydrogens is 295 g/mol. The molecule has 0 aliphatic heterocycles. The molecule has 2 unspecified atom stereocenters. The van der Waals surface area contributed by atoms with Crippen molar-refractivity contribution < 1.29 is 43.7 Å². The van der Waals surface area contributed by atoms with Crippen molar-refractivity contribution in [2.24, 2.45) is 11.8 Å². The first-order valence-corrected chi connectivity index (χ1v) is 7.50. The molecule has 0 aliphatic carbocycles. The van der Waals surface area contributed by atoms with E-state index < -0.39 is 49.9 Å². The fraction of sp³-hybridized carbons (Fsp3) is 0.700. The Bertz CT molecular complexity index is 413. The molecule has 2 atom stereocenters. The smallest absolute Gasteiger partial charge is 0.325 e. The number of carbonyl (C=O) groups excluding carboxylic acids is 1. The van der Waals surface area contributed by atoms with Crippen LogP contribution in [0.3, 0.4) is 0 Å². The monoisotopic (exact) mass is 312 g/mol. The summed E-state index contributed by atoms with van der Waals surface area (Å²) in [6.07, 6.45) is -1.13. The van der Waals surface area contributed by atoms with E-state index in [9.17, 15) is 18.9 Å². The van der Waals surface area contributed by atoms with Crippen LogP contribution in [-0.4, -0.2) is 50.7 Å². The maximum Gasteiger partial charge on any atom is 0.325 e. The average Bonchev–Trinajstić information content (AvgIpc) is 2.29. The predicted molar refractivity (Wildman–Crippen MR) is 65.0 cm³/mol. The summed E-state index contributed by atoms with van der Waals surface area (Å²) in [5.74, 6) is -6.35. The highest BCUT2D eigenvalue weighted by molar-refractivity contribution is 7.51. The van der Waals surface area contributed by atoms with Gasteiger partial charge in [0.25, 0.3) is 0 Å². The molecule has 0 rings (SSSR count). The molecule has 0 aromatic rings. The maximum absolute atomic E-state index is 11.3. The first-order chi connectivity index (χ1) is 9.04. The van der Waals surface area contributed by atoms with E-state index in [1.165, 1.54) is 6.92 Å². The molecule has 0 aromatic carbocycles. The molecule has 4 N–H and O–H groups in total. The second-order valence-corrected chi connectivity index (χ2v) is 6.01. The Morgan fingerprint density at radius 2 is 1.70 bits per heavy atom. The predicted octanol–water partition coefficient (Wildman–Crippen LogP) is -0.0910. The minimum absolute atomic E-state index is 0.0672. The fourth-order valence-electron chi connectivity index (χ4n) is 1.35. The summed E-state index contributed by atoms with van der Waals surface area (Å²) in [5.41, 5.74) is 0. The van der Waals surface area contributed by atoms with Gasteiger partial charge in [0.15, 0.2) is 0 Å². The first kappa shape index (κ1) is 18.6. The minimum Gasteiger partial charge on any atom is -0.481 e. The quantitative estimate of drug-likeness (QED) is 0.259. The lowest BCUT2D eigenvalue weighted by molar-refractivity contribution is -0.158. The number of esters is 1. The van der Waals surface area contributed by atoms with Gasteiger partial charge in [0.1, 0.15) is 0 Å². The second-order valence-electron chi connectivity index (χ2n) is 4.24. The van der Waals surface area contributed by atoms with E-state index in [0.717, 1.165) is 0 Å². The summed E-state index contributed by atoms with van der Waals surface area (Å²) < 4.78 is 15.1. The lowest BCUT2D eigenvalue weighted by atomic mass is 9.91. The van der Waals surface area contributed by atoms with Crippen LogP contribution in [0.1, 0.15) is 19.8 Å². The Kier molecular flexibility index (Phi) is 7.41. The zero-order valence-electron chi connectivity index (χ0n) is 10.8. The summed E-state index contributed by atoms with van der Waals surface area (Å²) in [5, 5.41) is 17.6. The molecule has 0 spiro atoms. The van der Waals surface area contributed by atoms with Gasteiger partial charge in [-0.1, -0.05) is 6.92 Å². The number of ether oxygens (including phenoxy) is 1. The highest BCUT2D eigenvalue weighted by atomic mass is 31.2. The third-order valence-corrected chi connectivity index (χ3v) is 3.45. The number of hydrogen-bond acceptors (Lipinski definition) is 5. The zero-order chi connectivity index (χ0) is 15.9. The van der Waals surface area contributed by atoms with Crippen molar-refractivity contribution in [2.75, 3.05) is 12.8 Å². The Balaban J connectivity index is 4.25. The molecular formula is C10H17O9P. The summed E-state index contributed by atoms with van der Waals surface area (Å²) in [7, 11) is -4.16. The molecule has 20 heavy (non-hydrogen) atoms. The van der Waals surface area contributed by atoms with Gasteiger partial charge < -0.3 is 24.7 Å². The van der Waals surface area contributed by atoms with E-state index in [4.69, 9.17) is 20.0 Å². The average molecular weight is 312 g/mol. The standard InChI is InChI=1S/C10H17O9P/c1-6(9(12)13)7(10(14)15)5-8(11)19-3-2-4-20(16,17)18/h6-7H,2-5H2,1H3,(H,12,13)(H,14,15)(H2,16,17,18). The van der Waals surface area contributed by atoms with Crippen LogP contribution in [-0.2, 0) is 23.7 Å².